The van der Waals surface area contributed by atoms with Crippen LogP contribution in [-0.2, 0) is 9.59 Å². The van der Waals surface area contributed by atoms with Crippen LogP contribution in [0, 0.1) is 23.7 Å². The highest BCUT2D eigenvalue weighted by Gasteiger charge is 2.41. The first-order valence-electron chi connectivity index (χ1n) is 21.1. The molecular formula is C52H46N4O8. The first-order valence-corrected chi connectivity index (χ1v) is 21.1. The van der Waals surface area contributed by atoms with Crippen molar-refractivity contribution in [2.24, 2.45) is 23.7 Å². The van der Waals surface area contributed by atoms with E-state index in [1.807, 2.05) is 72.5 Å². The van der Waals surface area contributed by atoms with Crippen molar-refractivity contribution in [2.75, 3.05) is 15.5 Å². The van der Waals surface area contributed by atoms with E-state index in [0.717, 1.165) is 51.0 Å². The summed E-state index contributed by atoms with van der Waals surface area (Å²) in [6.07, 6.45) is 0.933. The molecule has 1 heterocycles. The molecule has 1 fully saturated rings. The number of aliphatic carboxylic acids is 1. The van der Waals surface area contributed by atoms with E-state index in [1.54, 1.807) is 36.4 Å². The van der Waals surface area contributed by atoms with Gasteiger partial charge in [-0.05, 0) is 136 Å². The Morgan fingerprint density at radius 1 is 0.547 bits per heavy atom. The lowest BCUT2D eigenvalue weighted by Crippen LogP contribution is -2.40. The maximum atomic E-state index is 13.6. The molecule has 2 amide bonds. The van der Waals surface area contributed by atoms with Gasteiger partial charge in [0.25, 0.3) is 5.91 Å². The van der Waals surface area contributed by atoms with E-state index in [1.165, 1.54) is 13.8 Å². The van der Waals surface area contributed by atoms with Crippen LogP contribution in [0.5, 0.6) is 0 Å². The highest BCUT2D eigenvalue weighted by atomic mass is 16.4. The molecule has 1 aromatic heterocycles. The van der Waals surface area contributed by atoms with Gasteiger partial charge in [0.15, 0.2) is 11.6 Å². The summed E-state index contributed by atoms with van der Waals surface area (Å²) < 4.78 is 2.22. The van der Waals surface area contributed by atoms with Crippen molar-refractivity contribution in [3.8, 4) is 5.69 Å². The van der Waals surface area contributed by atoms with Gasteiger partial charge < -0.3 is 30.3 Å². The number of amides is 2. The SMILES string of the molecule is CC(=O)c1cc(C(=O)O)c(C(=O)Nc2ccc(N(c3ccc(NC(=O)C4CC(C)C(C)CC4C(=O)O)cc3)c3ccc(-n4c5ccccc5c5ccccc54)cc3)cc2)cc1C(C)=O. The number of para-hydroxylation sites is 2. The molecule has 8 rings (SSSR count). The Morgan fingerprint density at radius 3 is 1.45 bits per heavy atom. The van der Waals surface area contributed by atoms with Gasteiger partial charge in [0.05, 0.1) is 34.0 Å². The molecule has 64 heavy (non-hydrogen) atoms. The van der Waals surface area contributed by atoms with Crippen LogP contribution in [0.4, 0.5) is 28.4 Å². The van der Waals surface area contributed by atoms with Gasteiger partial charge in [-0.15, -0.1) is 0 Å². The third-order valence-electron chi connectivity index (χ3n) is 12.5. The van der Waals surface area contributed by atoms with Gasteiger partial charge in [0, 0.05) is 56.0 Å². The van der Waals surface area contributed by atoms with Crippen molar-refractivity contribution in [3.05, 3.63) is 156 Å². The quantitative estimate of drug-likeness (QED) is 0.0872. The van der Waals surface area contributed by atoms with Crippen molar-refractivity contribution in [3.63, 3.8) is 0 Å². The Hall–Kier alpha value is -7.86. The number of anilines is 5. The lowest BCUT2D eigenvalue weighted by molar-refractivity contribution is -0.149. The van der Waals surface area contributed by atoms with Gasteiger partial charge in [0.1, 0.15) is 0 Å². The van der Waals surface area contributed by atoms with Crippen LogP contribution in [0.2, 0.25) is 0 Å². The van der Waals surface area contributed by atoms with Crippen molar-refractivity contribution >= 4 is 85.6 Å². The molecule has 4 N–H and O–H groups in total. The van der Waals surface area contributed by atoms with Crippen LogP contribution in [0.3, 0.4) is 0 Å². The van der Waals surface area contributed by atoms with Crippen LogP contribution in [0.25, 0.3) is 27.5 Å². The van der Waals surface area contributed by atoms with Crippen LogP contribution in [-0.4, -0.2) is 50.1 Å². The molecule has 6 aromatic carbocycles. The predicted octanol–water partition coefficient (Wildman–Crippen LogP) is 10.9. The second kappa shape index (κ2) is 17.5. The van der Waals surface area contributed by atoms with Gasteiger partial charge >= 0.3 is 11.9 Å². The van der Waals surface area contributed by atoms with E-state index in [4.69, 9.17) is 0 Å². The van der Waals surface area contributed by atoms with Crippen LogP contribution in [0.1, 0.15) is 82.0 Å². The lowest BCUT2D eigenvalue weighted by Gasteiger charge is -2.35. The van der Waals surface area contributed by atoms with Gasteiger partial charge in [-0.3, -0.25) is 24.0 Å². The minimum absolute atomic E-state index is 0.0499. The number of carboxylic acid groups (broad SMARTS) is 2. The van der Waals surface area contributed by atoms with Gasteiger partial charge in [-0.2, -0.15) is 0 Å². The number of nitrogens with zero attached hydrogens (tertiary/aromatic N) is 2. The number of aromatic nitrogens is 1. The Morgan fingerprint density at radius 2 is 0.984 bits per heavy atom. The zero-order chi connectivity index (χ0) is 45.4. The van der Waals surface area contributed by atoms with E-state index in [0.29, 0.717) is 29.9 Å². The van der Waals surface area contributed by atoms with Crippen LogP contribution < -0.4 is 15.5 Å². The zero-order valence-corrected chi connectivity index (χ0v) is 35.7. The summed E-state index contributed by atoms with van der Waals surface area (Å²) in [5.41, 5.74) is 5.37. The van der Waals surface area contributed by atoms with E-state index < -0.39 is 46.8 Å². The molecule has 0 radical (unpaired) electrons. The van der Waals surface area contributed by atoms with Crippen LogP contribution in [0.15, 0.2) is 133 Å². The Kier molecular flexibility index (Phi) is 11.7. The molecule has 1 aliphatic rings. The number of rotatable bonds is 12. The number of Topliss-reactive ketones (excluding diaryl/α,β-unsaturated/α-hetero) is 2. The number of hydrogen-bond acceptors (Lipinski definition) is 7. The average Bonchev–Trinajstić information content (AvgIpc) is 3.62. The molecule has 4 atom stereocenters. The number of ketones is 2. The predicted molar refractivity (Wildman–Crippen MR) is 248 cm³/mol. The Bertz CT molecular complexity index is 2940. The van der Waals surface area contributed by atoms with E-state index in [-0.39, 0.29) is 34.4 Å². The molecule has 12 nitrogen and oxygen atoms in total. The smallest absolute Gasteiger partial charge is 0.336 e. The molecule has 1 saturated carbocycles. The molecular weight excluding hydrogens is 809 g/mol. The molecule has 7 aromatic rings. The second-order valence-corrected chi connectivity index (χ2v) is 16.6. The van der Waals surface area contributed by atoms with E-state index in [9.17, 15) is 39.0 Å². The van der Waals surface area contributed by atoms with Crippen molar-refractivity contribution in [1.29, 1.82) is 0 Å². The summed E-state index contributed by atoms with van der Waals surface area (Å²) in [6, 6.07) is 41.0. The highest BCUT2D eigenvalue weighted by Crippen LogP contribution is 2.40. The molecule has 0 aliphatic heterocycles. The van der Waals surface area contributed by atoms with Crippen molar-refractivity contribution in [2.45, 2.75) is 40.5 Å². The van der Waals surface area contributed by atoms with Crippen molar-refractivity contribution in [1.82, 2.24) is 4.57 Å². The van der Waals surface area contributed by atoms with Gasteiger partial charge in [-0.1, -0.05) is 50.2 Å². The number of aromatic carboxylic acids is 1. The first-order chi connectivity index (χ1) is 30.7. The van der Waals surface area contributed by atoms with Gasteiger partial charge in [-0.25, -0.2) is 4.79 Å². The number of carboxylic acids is 2. The summed E-state index contributed by atoms with van der Waals surface area (Å²) in [5.74, 6) is -5.47. The summed E-state index contributed by atoms with van der Waals surface area (Å²) in [5, 5.41) is 27.9. The molecule has 322 valence electrons. The maximum Gasteiger partial charge on any atom is 0.336 e. The minimum Gasteiger partial charge on any atom is -0.481 e. The second-order valence-electron chi connectivity index (χ2n) is 16.6. The lowest BCUT2D eigenvalue weighted by atomic mass is 9.69. The van der Waals surface area contributed by atoms with E-state index in [2.05, 4.69) is 46.4 Å². The standard InChI is InChI=1S/C52H46N4O8/c1-29-25-43(45(51(61)62)26-30(29)2)49(59)53-33-13-17-35(18-14-33)55(37-21-23-38(24-22-37)56-47-11-7-5-9-39(47)40-10-6-8-12-48(40)56)36-19-15-34(16-20-36)54-50(60)44-27-41(31(3)57)42(32(4)58)28-46(44)52(63)64/h5-24,27-30,43,45H,25-26H2,1-4H3,(H,53,59)(H,54,60)(H,61,62)(H,63,64). The summed E-state index contributed by atoms with van der Waals surface area (Å²) in [4.78, 5) is 78.2. The molecule has 4 unspecified atom stereocenters. The number of carbonyl (C=O) groups is 6. The fourth-order valence-corrected chi connectivity index (χ4v) is 8.92. The topological polar surface area (TPSA) is 175 Å². The maximum absolute atomic E-state index is 13.6. The normalized spacial score (nSPS) is 17.1. The largest absolute Gasteiger partial charge is 0.481 e. The number of hydrogen-bond donors (Lipinski definition) is 4. The fraction of sp³-hybridized carbons (Fsp3) is 0.192. The highest BCUT2D eigenvalue weighted by molar-refractivity contribution is 6.16. The zero-order valence-electron chi connectivity index (χ0n) is 35.7. The number of nitrogens with one attached hydrogen (secondary N) is 2. The first kappa shape index (κ1) is 42.8. The minimum atomic E-state index is -1.42. The number of benzene rings is 6. The Labute approximate surface area is 369 Å². The van der Waals surface area contributed by atoms with Crippen molar-refractivity contribution < 1.29 is 39.0 Å². The molecule has 1 aliphatic carbocycles. The third-order valence-corrected chi connectivity index (χ3v) is 12.5. The fourth-order valence-electron chi connectivity index (χ4n) is 8.92. The third kappa shape index (κ3) is 8.25. The summed E-state index contributed by atoms with van der Waals surface area (Å²) in [6.45, 7) is 6.55. The average molecular weight is 855 g/mol. The molecule has 12 heteroatoms. The van der Waals surface area contributed by atoms with Crippen LogP contribution >= 0.6 is 0 Å². The summed E-state index contributed by atoms with van der Waals surface area (Å²) in [7, 11) is 0. The number of fused-ring (bicyclic) bond motifs is 3. The van der Waals surface area contributed by atoms with E-state index >= 15 is 0 Å². The number of carbonyl (C=O) groups excluding carboxylic acids is 4. The molecule has 0 spiro atoms. The molecule has 0 saturated heterocycles. The Balaban J connectivity index is 1.12. The molecule has 0 bridgehead atoms. The summed E-state index contributed by atoms with van der Waals surface area (Å²) >= 11 is 0. The van der Waals surface area contributed by atoms with Gasteiger partial charge in [0.2, 0.25) is 5.91 Å². The monoisotopic (exact) mass is 854 g/mol.